The Morgan fingerprint density at radius 3 is 2.71 bits per heavy atom. The van der Waals surface area contributed by atoms with Gasteiger partial charge in [0, 0.05) is 34.7 Å². The summed E-state index contributed by atoms with van der Waals surface area (Å²) >= 11 is 0. The van der Waals surface area contributed by atoms with Crippen LogP contribution in [0.4, 0.5) is 0 Å². The van der Waals surface area contributed by atoms with Gasteiger partial charge in [0.05, 0.1) is 22.4 Å². The van der Waals surface area contributed by atoms with E-state index in [4.69, 9.17) is 15.9 Å². The average molecular weight is 451 g/mol. The Labute approximate surface area is 197 Å². The second-order valence-corrected chi connectivity index (χ2v) is 8.50. The number of para-hydroxylation sites is 1. The standard InChI is InChI=1S/C28H26N4O2/c1-18-27-23(21-15-20-8-2-3-10-25(20)30-17-21)9-6-11-26(27)32(31-18)22-12-13-24(28(29)34)19(16-22)7-4-5-14-33/h2-3,6,8-13,15-17,33H,4-5,7,14H2,1H3,(H2,29,34). The highest BCUT2D eigenvalue weighted by Crippen LogP contribution is 2.33. The van der Waals surface area contributed by atoms with Gasteiger partial charge >= 0.3 is 0 Å². The summed E-state index contributed by atoms with van der Waals surface area (Å²) in [6, 6.07) is 22.1. The van der Waals surface area contributed by atoms with Crippen molar-refractivity contribution < 1.29 is 9.90 Å². The summed E-state index contributed by atoms with van der Waals surface area (Å²) in [4.78, 5) is 16.6. The predicted molar refractivity (Wildman–Crippen MR) is 135 cm³/mol. The van der Waals surface area contributed by atoms with Crippen LogP contribution in [0.3, 0.4) is 0 Å². The fourth-order valence-electron chi connectivity index (χ4n) is 4.59. The molecule has 0 aliphatic heterocycles. The Kier molecular flexibility index (Phi) is 5.82. The maximum atomic E-state index is 12.0. The molecule has 3 N–H and O–H groups in total. The first kappa shape index (κ1) is 21.8. The van der Waals surface area contributed by atoms with E-state index in [1.165, 1.54) is 0 Å². The van der Waals surface area contributed by atoms with E-state index in [1.54, 1.807) is 6.07 Å². The first-order valence-electron chi connectivity index (χ1n) is 11.4. The molecule has 6 heteroatoms. The summed E-state index contributed by atoms with van der Waals surface area (Å²) in [5, 5.41) is 16.2. The quantitative estimate of drug-likeness (QED) is 0.343. The molecule has 1 amide bonds. The van der Waals surface area contributed by atoms with Crippen LogP contribution in [-0.2, 0) is 6.42 Å². The summed E-state index contributed by atoms with van der Waals surface area (Å²) in [6.07, 6.45) is 4.03. The number of fused-ring (bicyclic) bond motifs is 2. The van der Waals surface area contributed by atoms with Gasteiger partial charge in [-0.3, -0.25) is 9.78 Å². The number of aliphatic hydroxyl groups excluding tert-OH is 1. The van der Waals surface area contributed by atoms with Crippen molar-refractivity contribution in [1.29, 1.82) is 0 Å². The second kappa shape index (κ2) is 9.08. The number of hydrogen-bond donors (Lipinski definition) is 2. The van der Waals surface area contributed by atoms with Crippen LogP contribution in [-0.4, -0.2) is 32.4 Å². The summed E-state index contributed by atoms with van der Waals surface area (Å²) < 4.78 is 1.92. The minimum atomic E-state index is -0.446. The molecule has 0 bridgehead atoms. The number of hydrogen-bond acceptors (Lipinski definition) is 4. The molecule has 2 aromatic heterocycles. The number of rotatable bonds is 7. The second-order valence-electron chi connectivity index (χ2n) is 8.50. The van der Waals surface area contributed by atoms with Gasteiger partial charge in [0.25, 0.3) is 0 Å². The molecule has 0 radical (unpaired) electrons. The zero-order valence-corrected chi connectivity index (χ0v) is 19.0. The van der Waals surface area contributed by atoms with E-state index in [1.807, 2.05) is 54.2 Å². The average Bonchev–Trinajstić information content (AvgIpc) is 3.20. The SMILES string of the molecule is Cc1nn(-c2ccc(C(N)=O)c(CCCCO)c2)c2cccc(-c3cnc4ccccc4c3)c12. The molecule has 5 rings (SSSR count). The molecule has 0 unspecified atom stereocenters. The van der Waals surface area contributed by atoms with Gasteiger partial charge in [0.15, 0.2) is 0 Å². The van der Waals surface area contributed by atoms with Gasteiger partial charge in [-0.1, -0.05) is 30.3 Å². The molecule has 0 aliphatic carbocycles. The summed E-state index contributed by atoms with van der Waals surface area (Å²) in [6.45, 7) is 2.14. The first-order chi connectivity index (χ1) is 16.6. The van der Waals surface area contributed by atoms with Crippen molar-refractivity contribution in [2.24, 2.45) is 5.73 Å². The van der Waals surface area contributed by atoms with Crippen LogP contribution in [0.5, 0.6) is 0 Å². The maximum Gasteiger partial charge on any atom is 0.248 e. The first-order valence-corrected chi connectivity index (χ1v) is 11.4. The Bertz CT molecular complexity index is 1520. The van der Waals surface area contributed by atoms with Gasteiger partial charge in [-0.25, -0.2) is 4.68 Å². The Balaban J connectivity index is 1.63. The Hall–Kier alpha value is -4.03. The van der Waals surface area contributed by atoms with Crippen LogP contribution < -0.4 is 5.73 Å². The zero-order valence-electron chi connectivity index (χ0n) is 19.0. The molecule has 170 valence electrons. The van der Waals surface area contributed by atoms with Gasteiger partial charge in [-0.15, -0.1) is 0 Å². The predicted octanol–water partition coefficient (Wildman–Crippen LogP) is 4.96. The lowest BCUT2D eigenvalue weighted by Gasteiger charge is -2.11. The lowest BCUT2D eigenvalue weighted by atomic mass is 9.99. The molecule has 0 fully saturated rings. The largest absolute Gasteiger partial charge is 0.396 e. The van der Waals surface area contributed by atoms with Crippen LogP contribution in [0, 0.1) is 6.92 Å². The van der Waals surface area contributed by atoms with Crippen molar-refractivity contribution in [3.8, 4) is 16.8 Å². The molecular weight excluding hydrogens is 424 g/mol. The monoisotopic (exact) mass is 450 g/mol. The number of aryl methyl sites for hydroxylation is 2. The van der Waals surface area contributed by atoms with Gasteiger partial charge < -0.3 is 10.8 Å². The fourth-order valence-corrected chi connectivity index (χ4v) is 4.59. The van der Waals surface area contributed by atoms with Crippen LogP contribution >= 0.6 is 0 Å². The van der Waals surface area contributed by atoms with Crippen molar-refractivity contribution in [1.82, 2.24) is 14.8 Å². The Morgan fingerprint density at radius 1 is 1.03 bits per heavy atom. The van der Waals surface area contributed by atoms with E-state index in [0.29, 0.717) is 18.4 Å². The minimum absolute atomic E-state index is 0.126. The number of benzene rings is 3. The lowest BCUT2D eigenvalue weighted by Crippen LogP contribution is -2.14. The van der Waals surface area contributed by atoms with Crippen molar-refractivity contribution in [3.05, 3.63) is 89.7 Å². The molecule has 0 atom stereocenters. The number of unbranched alkanes of at least 4 members (excludes halogenated alkanes) is 1. The van der Waals surface area contributed by atoms with Gasteiger partial charge in [0.2, 0.25) is 5.91 Å². The number of carbonyl (C=O) groups excluding carboxylic acids is 1. The molecule has 6 nitrogen and oxygen atoms in total. The molecule has 3 aromatic carbocycles. The smallest absolute Gasteiger partial charge is 0.248 e. The third-order valence-electron chi connectivity index (χ3n) is 6.24. The highest BCUT2D eigenvalue weighted by atomic mass is 16.2. The van der Waals surface area contributed by atoms with Crippen molar-refractivity contribution in [2.45, 2.75) is 26.2 Å². The highest BCUT2D eigenvalue weighted by molar-refractivity contribution is 5.99. The highest BCUT2D eigenvalue weighted by Gasteiger charge is 2.16. The van der Waals surface area contributed by atoms with Crippen molar-refractivity contribution in [3.63, 3.8) is 0 Å². The summed E-state index contributed by atoms with van der Waals surface area (Å²) in [7, 11) is 0. The van der Waals surface area contributed by atoms with Crippen LogP contribution in [0.25, 0.3) is 38.6 Å². The van der Waals surface area contributed by atoms with Gasteiger partial charge in [0.1, 0.15) is 0 Å². The maximum absolute atomic E-state index is 12.0. The van der Waals surface area contributed by atoms with E-state index in [9.17, 15) is 4.79 Å². The number of nitrogens with zero attached hydrogens (tertiary/aromatic N) is 3. The van der Waals surface area contributed by atoms with Crippen molar-refractivity contribution >= 4 is 27.7 Å². The lowest BCUT2D eigenvalue weighted by molar-refractivity contribution is 0.0999. The van der Waals surface area contributed by atoms with Crippen LogP contribution in [0.2, 0.25) is 0 Å². The van der Waals surface area contributed by atoms with Gasteiger partial charge in [-0.2, -0.15) is 5.10 Å². The van der Waals surface area contributed by atoms with Gasteiger partial charge in [-0.05, 0) is 73.7 Å². The number of primary amides is 1. The topological polar surface area (TPSA) is 94.0 Å². The summed E-state index contributed by atoms with van der Waals surface area (Å²) in [5.74, 6) is -0.446. The minimum Gasteiger partial charge on any atom is -0.396 e. The number of nitrogens with two attached hydrogens (primary N) is 1. The number of amides is 1. The van der Waals surface area contributed by atoms with Crippen LogP contribution in [0.15, 0.2) is 72.9 Å². The Morgan fingerprint density at radius 2 is 1.88 bits per heavy atom. The number of aromatic nitrogens is 3. The molecule has 2 heterocycles. The number of aliphatic hydroxyl groups is 1. The molecule has 34 heavy (non-hydrogen) atoms. The number of carbonyl (C=O) groups is 1. The fraction of sp³-hybridized carbons (Fsp3) is 0.179. The zero-order chi connectivity index (χ0) is 23.7. The third kappa shape index (κ3) is 3.93. The van der Waals surface area contributed by atoms with E-state index in [2.05, 4.69) is 29.2 Å². The number of pyridine rings is 1. The normalized spacial score (nSPS) is 11.4. The van der Waals surface area contributed by atoms with E-state index >= 15 is 0 Å². The molecule has 0 aliphatic rings. The molecular formula is C28H26N4O2. The van der Waals surface area contributed by atoms with Crippen molar-refractivity contribution in [2.75, 3.05) is 6.61 Å². The molecule has 0 spiro atoms. The molecule has 0 saturated carbocycles. The summed E-state index contributed by atoms with van der Waals surface area (Å²) in [5.41, 5.74) is 12.9. The van der Waals surface area contributed by atoms with E-state index in [-0.39, 0.29) is 6.61 Å². The molecule has 0 saturated heterocycles. The molecule has 5 aromatic rings. The van der Waals surface area contributed by atoms with Crippen LogP contribution in [0.1, 0.15) is 34.5 Å². The third-order valence-corrected chi connectivity index (χ3v) is 6.24. The van der Waals surface area contributed by atoms with E-state index in [0.717, 1.165) is 56.3 Å². The van der Waals surface area contributed by atoms with E-state index < -0.39 is 5.91 Å².